The zero-order chi connectivity index (χ0) is 19.5. The number of benzene rings is 1. The lowest BCUT2D eigenvalue weighted by Gasteiger charge is -2.20. The molecular formula is C17H21BrN2O6. The van der Waals surface area contributed by atoms with E-state index in [-0.39, 0.29) is 13.0 Å². The Balaban J connectivity index is 2.59. The van der Waals surface area contributed by atoms with E-state index in [1.807, 2.05) is 6.07 Å². The van der Waals surface area contributed by atoms with Crippen molar-refractivity contribution in [2.45, 2.75) is 25.1 Å². The van der Waals surface area contributed by atoms with Gasteiger partial charge < -0.3 is 25.2 Å². The molecule has 0 spiro atoms. The van der Waals surface area contributed by atoms with Gasteiger partial charge in [-0.05, 0) is 10.0 Å². The smallest absolute Gasteiger partial charge is 0.408 e. The first-order chi connectivity index (χ1) is 12.4. The number of hydrogen-bond donors (Lipinski definition) is 3. The van der Waals surface area contributed by atoms with Crippen LogP contribution in [0.1, 0.15) is 12.0 Å². The highest BCUT2D eigenvalue weighted by molar-refractivity contribution is 9.11. The van der Waals surface area contributed by atoms with Crippen molar-refractivity contribution >= 4 is 33.9 Å². The number of esters is 1. The Bertz CT molecular complexity index is 637. The summed E-state index contributed by atoms with van der Waals surface area (Å²) in [6.45, 7) is 2.95. The predicted octanol–water partition coefficient (Wildman–Crippen LogP) is 1.23. The number of aliphatic hydroxyl groups is 1. The highest BCUT2D eigenvalue weighted by atomic mass is 79.9. The standard InChI is InChI=1S/C17H21BrN2O6/c1-11(18)8-13(16(23)25-2)19-15(22)14(9-21)20-17(24)26-10-12-6-4-3-5-7-12/h3-7,13-14,21H,1,8-10H2,2H3,(H,19,22)(H,20,24)/t13-,14-/m0/s1. The summed E-state index contributed by atoms with van der Waals surface area (Å²) in [6, 6.07) is 6.69. The second-order valence-electron chi connectivity index (χ2n) is 5.25. The minimum absolute atomic E-state index is 0.0145. The highest BCUT2D eigenvalue weighted by Gasteiger charge is 2.27. The van der Waals surface area contributed by atoms with E-state index < -0.39 is 36.7 Å². The van der Waals surface area contributed by atoms with Crippen molar-refractivity contribution in [3.05, 3.63) is 47.0 Å². The quantitative estimate of drug-likeness (QED) is 0.509. The number of alkyl carbamates (subject to hydrolysis) is 1. The third-order valence-electron chi connectivity index (χ3n) is 3.23. The van der Waals surface area contributed by atoms with Crippen LogP contribution in [-0.4, -0.2) is 48.9 Å². The third kappa shape index (κ3) is 7.66. The summed E-state index contributed by atoms with van der Waals surface area (Å²) in [5.74, 6) is -1.43. The minimum Gasteiger partial charge on any atom is -0.467 e. The molecule has 8 nitrogen and oxygen atoms in total. The van der Waals surface area contributed by atoms with Crippen molar-refractivity contribution in [2.24, 2.45) is 0 Å². The van der Waals surface area contributed by atoms with Crippen LogP contribution in [0.4, 0.5) is 4.79 Å². The summed E-state index contributed by atoms with van der Waals surface area (Å²) in [7, 11) is 1.18. The summed E-state index contributed by atoms with van der Waals surface area (Å²) in [5.41, 5.74) is 0.772. The van der Waals surface area contributed by atoms with Gasteiger partial charge in [-0.25, -0.2) is 9.59 Å². The van der Waals surface area contributed by atoms with Gasteiger partial charge in [-0.15, -0.1) is 0 Å². The maximum absolute atomic E-state index is 12.2. The van der Waals surface area contributed by atoms with Crippen LogP contribution in [0.15, 0.2) is 41.4 Å². The van der Waals surface area contributed by atoms with Gasteiger partial charge in [0.2, 0.25) is 5.91 Å². The first-order valence-electron chi connectivity index (χ1n) is 7.67. The second-order valence-corrected chi connectivity index (χ2v) is 6.37. The van der Waals surface area contributed by atoms with E-state index in [2.05, 4.69) is 37.9 Å². The van der Waals surface area contributed by atoms with E-state index in [1.165, 1.54) is 7.11 Å². The molecule has 1 aromatic rings. The molecule has 3 N–H and O–H groups in total. The number of hydrogen-bond acceptors (Lipinski definition) is 6. The van der Waals surface area contributed by atoms with Crippen molar-refractivity contribution in [1.82, 2.24) is 10.6 Å². The lowest BCUT2D eigenvalue weighted by molar-refractivity contribution is -0.145. The molecule has 1 rings (SSSR count). The molecule has 9 heteroatoms. The molecule has 0 saturated heterocycles. The molecule has 0 bridgehead atoms. The van der Waals surface area contributed by atoms with E-state index in [0.717, 1.165) is 5.56 Å². The molecule has 0 aliphatic carbocycles. The van der Waals surface area contributed by atoms with Crippen LogP contribution in [0, 0.1) is 0 Å². The fourth-order valence-corrected chi connectivity index (χ4v) is 2.25. The molecule has 0 fully saturated rings. The monoisotopic (exact) mass is 428 g/mol. The van der Waals surface area contributed by atoms with Crippen LogP contribution in [0.2, 0.25) is 0 Å². The Morgan fingerprint density at radius 1 is 1.19 bits per heavy atom. The van der Waals surface area contributed by atoms with Crippen molar-refractivity contribution < 1.29 is 29.0 Å². The van der Waals surface area contributed by atoms with Crippen LogP contribution in [0.5, 0.6) is 0 Å². The van der Waals surface area contributed by atoms with Gasteiger partial charge in [-0.1, -0.05) is 52.8 Å². The van der Waals surface area contributed by atoms with E-state index >= 15 is 0 Å². The number of methoxy groups -OCH3 is 1. The Hall–Kier alpha value is -2.39. The SMILES string of the molecule is C=C(Br)C[C@H](NC(=O)[C@H](CO)NC(=O)OCc1ccccc1)C(=O)OC. The molecule has 0 unspecified atom stereocenters. The summed E-state index contributed by atoms with van der Waals surface area (Å²) in [5, 5.41) is 14.0. The van der Waals surface area contributed by atoms with E-state index in [4.69, 9.17) is 4.74 Å². The molecule has 0 radical (unpaired) electrons. The Morgan fingerprint density at radius 2 is 1.85 bits per heavy atom. The first kappa shape index (κ1) is 21.7. The van der Waals surface area contributed by atoms with Gasteiger partial charge in [0.25, 0.3) is 0 Å². The topological polar surface area (TPSA) is 114 Å². The number of carbonyl (C=O) groups excluding carboxylic acids is 3. The van der Waals surface area contributed by atoms with Gasteiger partial charge in [0.05, 0.1) is 13.7 Å². The molecule has 0 heterocycles. The molecule has 0 saturated carbocycles. The number of nitrogens with one attached hydrogen (secondary N) is 2. The molecule has 26 heavy (non-hydrogen) atoms. The average molecular weight is 429 g/mol. The lowest BCUT2D eigenvalue weighted by Crippen LogP contribution is -2.53. The number of amides is 2. The molecule has 0 aliphatic heterocycles. The zero-order valence-corrected chi connectivity index (χ0v) is 15.8. The van der Waals surface area contributed by atoms with E-state index in [1.54, 1.807) is 24.3 Å². The van der Waals surface area contributed by atoms with Crippen LogP contribution in [0.25, 0.3) is 0 Å². The number of ether oxygens (including phenoxy) is 2. The Morgan fingerprint density at radius 3 is 2.38 bits per heavy atom. The molecule has 0 aromatic heterocycles. The first-order valence-corrected chi connectivity index (χ1v) is 8.46. The average Bonchev–Trinajstić information content (AvgIpc) is 2.63. The molecule has 2 atom stereocenters. The van der Waals surface area contributed by atoms with Crippen molar-refractivity contribution in [1.29, 1.82) is 0 Å². The fourth-order valence-electron chi connectivity index (χ4n) is 1.93. The normalized spacial score (nSPS) is 12.4. The van der Waals surface area contributed by atoms with Gasteiger partial charge in [-0.3, -0.25) is 4.79 Å². The van der Waals surface area contributed by atoms with E-state index in [0.29, 0.717) is 4.48 Å². The molecule has 0 aliphatic rings. The third-order valence-corrected chi connectivity index (χ3v) is 3.56. The summed E-state index contributed by atoms with van der Waals surface area (Å²) < 4.78 is 10.1. The maximum atomic E-state index is 12.2. The van der Waals surface area contributed by atoms with Gasteiger partial charge in [0, 0.05) is 6.42 Å². The van der Waals surface area contributed by atoms with Crippen LogP contribution < -0.4 is 10.6 Å². The van der Waals surface area contributed by atoms with Gasteiger partial charge in [0.1, 0.15) is 18.7 Å². The number of rotatable bonds is 9. The fraction of sp³-hybridized carbons (Fsp3) is 0.353. The van der Waals surface area contributed by atoms with Crippen LogP contribution in [0.3, 0.4) is 0 Å². The number of halogens is 1. The highest BCUT2D eigenvalue weighted by Crippen LogP contribution is 2.11. The predicted molar refractivity (Wildman–Crippen MR) is 97.3 cm³/mol. The van der Waals surface area contributed by atoms with Gasteiger partial charge in [-0.2, -0.15) is 0 Å². The van der Waals surface area contributed by atoms with Crippen molar-refractivity contribution in [2.75, 3.05) is 13.7 Å². The molecule has 142 valence electrons. The largest absolute Gasteiger partial charge is 0.467 e. The number of carbonyl (C=O) groups is 3. The lowest BCUT2D eigenvalue weighted by atomic mass is 10.2. The second kappa shape index (κ2) is 11.3. The summed E-state index contributed by atoms with van der Waals surface area (Å²) in [6.07, 6.45) is -0.780. The van der Waals surface area contributed by atoms with Gasteiger partial charge >= 0.3 is 12.1 Å². The van der Waals surface area contributed by atoms with Gasteiger partial charge in [0.15, 0.2) is 0 Å². The summed E-state index contributed by atoms with van der Waals surface area (Å²) in [4.78, 5) is 35.7. The maximum Gasteiger partial charge on any atom is 0.408 e. The zero-order valence-electron chi connectivity index (χ0n) is 14.2. The summed E-state index contributed by atoms with van der Waals surface area (Å²) >= 11 is 3.11. The van der Waals surface area contributed by atoms with Crippen LogP contribution >= 0.6 is 15.9 Å². The molecule has 1 aromatic carbocycles. The minimum atomic E-state index is -1.28. The Labute approximate surface area is 159 Å². The van der Waals surface area contributed by atoms with Crippen molar-refractivity contribution in [3.63, 3.8) is 0 Å². The molecule has 2 amide bonds. The Kier molecular flexibility index (Phi) is 9.38. The van der Waals surface area contributed by atoms with Crippen molar-refractivity contribution in [3.8, 4) is 0 Å². The number of aliphatic hydroxyl groups excluding tert-OH is 1. The van der Waals surface area contributed by atoms with Crippen LogP contribution in [-0.2, 0) is 25.7 Å². The van der Waals surface area contributed by atoms with E-state index in [9.17, 15) is 19.5 Å². The molecular weight excluding hydrogens is 408 g/mol.